The number of amides is 1. The van der Waals surface area contributed by atoms with E-state index in [1.54, 1.807) is 6.07 Å². The third-order valence-corrected chi connectivity index (χ3v) is 4.20. The minimum Gasteiger partial charge on any atom is -0.375 e. The SMILES string of the molecule is CC1CN(C(=O)CCC(=O)c2cccs2)C(C)CO1. The summed E-state index contributed by atoms with van der Waals surface area (Å²) in [5.41, 5.74) is 0. The fourth-order valence-corrected chi connectivity index (χ4v) is 2.87. The molecule has 1 aromatic rings. The summed E-state index contributed by atoms with van der Waals surface area (Å²) in [6, 6.07) is 3.75. The third-order valence-electron chi connectivity index (χ3n) is 3.29. The van der Waals surface area contributed by atoms with Gasteiger partial charge in [0.1, 0.15) is 0 Å². The van der Waals surface area contributed by atoms with Crippen LogP contribution in [0.1, 0.15) is 36.4 Å². The lowest BCUT2D eigenvalue weighted by Gasteiger charge is -2.36. The highest BCUT2D eigenvalue weighted by molar-refractivity contribution is 7.12. The Morgan fingerprint density at radius 1 is 1.42 bits per heavy atom. The second-order valence-corrected chi connectivity index (χ2v) is 5.89. The summed E-state index contributed by atoms with van der Waals surface area (Å²) in [6.45, 7) is 5.13. The zero-order chi connectivity index (χ0) is 13.8. The Balaban J connectivity index is 1.85. The largest absolute Gasteiger partial charge is 0.375 e. The van der Waals surface area contributed by atoms with E-state index >= 15 is 0 Å². The van der Waals surface area contributed by atoms with Gasteiger partial charge in [0.25, 0.3) is 0 Å². The maximum Gasteiger partial charge on any atom is 0.223 e. The van der Waals surface area contributed by atoms with Gasteiger partial charge >= 0.3 is 0 Å². The van der Waals surface area contributed by atoms with Gasteiger partial charge in [-0.15, -0.1) is 11.3 Å². The first-order valence-corrected chi connectivity index (χ1v) is 7.43. The van der Waals surface area contributed by atoms with Gasteiger partial charge in [0.2, 0.25) is 5.91 Å². The van der Waals surface area contributed by atoms with E-state index in [0.29, 0.717) is 13.2 Å². The van der Waals surface area contributed by atoms with Crippen LogP contribution in [0.4, 0.5) is 0 Å². The molecule has 2 heterocycles. The summed E-state index contributed by atoms with van der Waals surface area (Å²) < 4.78 is 5.50. The van der Waals surface area contributed by atoms with Crippen LogP contribution < -0.4 is 0 Å². The molecule has 1 aliphatic rings. The Morgan fingerprint density at radius 2 is 2.21 bits per heavy atom. The molecule has 2 unspecified atom stereocenters. The van der Waals surface area contributed by atoms with Gasteiger partial charge in [-0.25, -0.2) is 0 Å². The van der Waals surface area contributed by atoms with Crippen LogP contribution in [0.15, 0.2) is 17.5 Å². The van der Waals surface area contributed by atoms with E-state index in [2.05, 4.69) is 0 Å². The van der Waals surface area contributed by atoms with Crippen LogP contribution in [0.25, 0.3) is 0 Å². The Hall–Kier alpha value is -1.20. The molecular weight excluding hydrogens is 262 g/mol. The second-order valence-electron chi connectivity index (χ2n) is 4.94. The second kappa shape index (κ2) is 6.30. The number of hydrogen-bond donors (Lipinski definition) is 0. The zero-order valence-electron chi connectivity index (χ0n) is 11.3. The van der Waals surface area contributed by atoms with Crippen molar-refractivity contribution in [1.29, 1.82) is 0 Å². The molecule has 0 bridgehead atoms. The standard InChI is InChI=1S/C14H19NO3S/c1-10-9-18-11(2)8-15(10)14(17)6-5-12(16)13-4-3-7-19-13/h3-4,7,10-11H,5-6,8-9H2,1-2H3. The van der Waals surface area contributed by atoms with Gasteiger partial charge in [-0.2, -0.15) is 0 Å². The molecule has 1 fully saturated rings. The van der Waals surface area contributed by atoms with Crippen molar-refractivity contribution >= 4 is 23.0 Å². The molecular formula is C14H19NO3S. The molecule has 0 saturated carbocycles. The van der Waals surface area contributed by atoms with E-state index in [1.165, 1.54) is 11.3 Å². The highest BCUT2D eigenvalue weighted by Gasteiger charge is 2.27. The molecule has 0 aromatic carbocycles. The van der Waals surface area contributed by atoms with Gasteiger partial charge in [0, 0.05) is 19.4 Å². The van der Waals surface area contributed by atoms with E-state index in [4.69, 9.17) is 4.74 Å². The van der Waals surface area contributed by atoms with Crippen molar-refractivity contribution in [1.82, 2.24) is 4.90 Å². The van der Waals surface area contributed by atoms with Crippen molar-refractivity contribution in [3.63, 3.8) is 0 Å². The van der Waals surface area contributed by atoms with Crippen molar-refractivity contribution < 1.29 is 14.3 Å². The maximum absolute atomic E-state index is 12.1. The number of thiophene rings is 1. The highest BCUT2D eigenvalue weighted by atomic mass is 32.1. The first-order chi connectivity index (χ1) is 9.08. The van der Waals surface area contributed by atoms with Crippen molar-refractivity contribution in [2.45, 2.75) is 38.8 Å². The molecule has 0 N–H and O–H groups in total. The molecule has 2 rings (SSSR count). The van der Waals surface area contributed by atoms with E-state index in [0.717, 1.165) is 4.88 Å². The van der Waals surface area contributed by atoms with E-state index in [-0.39, 0.29) is 36.7 Å². The molecule has 1 saturated heterocycles. The lowest BCUT2D eigenvalue weighted by atomic mass is 10.1. The molecule has 1 aromatic heterocycles. The lowest BCUT2D eigenvalue weighted by molar-refractivity contribution is -0.143. The smallest absolute Gasteiger partial charge is 0.223 e. The molecule has 0 spiro atoms. The van der Waals surface area contributed by atoms with Gasteiger partial charge in [-0.3, -0.25) is 9.59 Å². The molecule has 2 atom stereocenters. The number of Topliss-reactive ketones (excluding diaryl/α,β-unsaturated/α-hetero) is 1. The summed E-state index contributed by atoms with van der Waals surface area (Å²) in [5.74, 6) is 0.102. The Labute approximate surface area is 117 Å². The number of carbonyl (C=O) groups is 2. The van der Waals surface area contributed by atoms with Crippen molar-refractivity contribution in [3.05, 3.63) is 22.4 Å². The topological polar surface area (TPSA) is 46.6 Å². The minimum absolute atomic E-state index is 0.0487. The quantitative estimate of drug-likeness (QED) is 0.796. The van der Waals surface area contributed by atoms with Crippen LogP contribution in [0.5, 0.6) is 0 Å². The summed E-state index contributed by atoms with van der Waals surface area (Å²) in [7, 11) is 0. The van der Waals surface area contributed by atoms with Gasteiger partial charge in [-0.05, 0) is 25.3 Å². The number of hydrogen-bond acceptors (Lipinski definition) is 4. The Kier molecular flexibility index (Phi) is 4.71. The van der Waals surface area contributed by atoms with Crippen LogP contribution in [0.2, 0.25) is 0 Å². The fraction of sp³-hybridized carbons (Fsp3) is 0.571. The number of morpholine rings is 1. The number of ether oxygens (including phenoxy) is 1. The molecule has 19 heavy (non-hydrogen) atoms. The van der Waals surface area contributed by atoms with Crippen LogP contribution >= 0.6 is 11.3 Å². The third kappa shape index (κ3) is 3.64. The highest BCUT2D eigenvalue weighted by Crippen LogP contribution is 2.16. The molecule has 1 aliphatic heterocycles. The Bertz CT molecular complexity index is 444. The molecule has 0 radical (unpaired) electrons. The number of ketones is 1. The monoisotopic (exact) mass is 281 g/mol. The van der Waals surface area contributed by atoms with Crippen LogP contribution in [-0.4, -0.2) is 41.9 Å². The van der Waals surface area contributed by atoms with E-state index in [9.17, 15) is 9.59 Å². The van der Waals surface area contributed by atoms with Crippen molar-refractivity contribution in [2.75, 3.05) is 13.2 Å². The van der Waals surface area contributed by atoms with Crippen molar-refractivity contribution in [3.8, 4) is 0 Å². The summed E-state index contributed by atoms with van der Waals surface area (Å²) in [4.78, 5) is 26.6. The van der Waals surface area contributed by atoms with Gasteiger partial charge in [-0.1, -0.05) is 6.07 Å². The summed E-state index contributed by atoms with van der Waals surface area (Å²) in [6.07, 6.45) is 0.652. The fourth-order valence-electron chi connectivity index (χ4n) is 2.18. The number of carbonyl (C=O) groups excluding carboxylic acids is 2. The first-order valence-electron chi connectivity index (χ1n) is 6.55. The van der Waals surface area contributed by atoms with Crippen LogP contribution in [0.3, 0.4) is 0 Å². The lowest BCUT2D eigenvalue weighted by Crippen LogP contribution is -2.50. The predicted molar refractivity (Wildman–Crippen MR) is 74.5 cm³/mol. The average molecular weight is 281 g/mol. The van der Waals surface area contributed by atoms with E-state index < -0.39 is 0 Å². The Morgan fingerprint density at radius 3 is 2.89 bits per heavy atom. The predicted octanol–water partition coefficient (Wildman–Crippen LogP) is 2.35. The molecule has 1 amide bonds. The molecule has 0 aliphatic carbocycles. The van der Waals surface area contributed by atoms with Gasteiger partial charge in [0.05, 0.1) is 23.6 Å². The molecule has 104 valence electrons. The molecule has 4 nitrogen and oxygen atoms in total. The average Bonchev–Trinajstić information content (AvgIpc) is 2.92. The summed E-state index contributed by atoms with van der Waals surface area (Å²) in [5, 5.41) is 1.88. The van der Waals surface area contributed by atoms with Gasteiger partial charge < -0.3 is 9.64 Å². The van der Waals surface area contributed by atoms with E-state index in [1.807, 2.05) is 30.2 Å². The number of rotatable bonds is 4. The van der Waals surface area contributed by atoms with Crippen molar-refractivity contribution in [2.24, 2.45) is 0 Å². The number of nitrogens with zero attached hydrogens (tertiary/aromatic N) is 1. The summed E-state index contributed by atoms with van der Waals surface area (Å²) >= 11 is 1.42. The maximum atomic E-state index is 12.1. The normalized spacial score (nSPS) is 23.4. The molecule has 5 heteroatoms. The van der Waals surface area contributed by atoms with Gasteiger partial charge in [0.15, 0.2) is 5.78 Å². The zero-order valence-corrected chi connectivity index (χ0v) is 12.1. The van der Waals surface area contributed by atoms with Crippen LogP contribution in [0, 0.1) is 0 Å². The minimum atomic E-state index is 0.0487. The van der Waals surface area contributed by atoms with Crippen LogP contribution in [-0.2, 0) is 9.53 Å². The first kappa shape index (κ1) is 14.2.